The SMILES string of the molecule is CC1=CC2C(Cl)=NC=NC2S1. The Morgan fingerprint density at radius 2 is 2.45 bits per heavy atom. The topological polar surface area (TPSA) is 24.7 Å². The van der Waals surface area contributed by atoms with Crippen molar-refractivity contribution in [2.75, 3.05) is 0 Å². The van der Waals surface area contributed by atoms with Crippen molar-refractivity contribution >= 4 is 34.9 Å². The molecule has 2 nitrogen and oxygen atoms in total. The Kier molecular flexibility index (Phi) is 1.77. The van der Waals surface area contributed by atoms with Gasteiger partial charge >= 0.3 is 0 Å². The van der Waals surface area contributed by atoms with E-state index in [1.165, 1.54) is 4.91 Å². The van der Waals surface area contributed by atoms with Crippen LogP contribution < -0.4 is 0 Å². The Morgan fingerprint density at radius 1 is 1.64 bits per heavy atom. The zero-order valence-electron chi connectivity index (χ0n) is 5.99. The maximum Gasteiger partial charge on any atom is 0.118 e. The molecular formula is C7H7ClN2S. The summed E-state index contributed by atoms with van der Waals surface area (Å²) in [5.74, 6) is 0.228. The van der Waals surface area contributed by atoms with Gasteiger partial charge in [0.1, 0.15) is 16.9 Å². The van der Waals surface area contributed by atoms with Crippen LogP contribution in [0.5, 0.6) is 0 Å². The van der Waals surface area contributed by atoms with Crippen molar-refractivity contribution in [3.8, 4) is 0 Å². The maximum absolute atomic E-state index is 5.88. The van der Waals surface area contributed by atoms with Crippen LogP contribution in [0.25, 0.3) is 0 Å². The van der Waals surface area contributed by atoms with E-state index in [1.807, 2.05) is 0 Å². The lowest BCUT2D eigenvalue weighted by molar-refractivity contribution is 0.821. The van der Waals surface area contributed by atoms with Gasteiger partial charge in [-0.05, 0) is 11.8 Å². The molecule has 2 aliphatic heterocycles. The third-order valence-electron chi connectivity index (χ3n) is 1.70. The highest BCUT2D eigenvalue weighted by molar-refractivity contribution is 8.03. The van der Waals surface area contributed by atoms with Gasteiger partial charge in [0, 0.05) is 0 Å². The highest BCUT2D eigenvalue weighted by atomic mass is 35.5. The summed E-state index contributed by atoms with van der Waals surface area (Å²) in [6, 6.07) is 0. The Bertz CT molecular complexity index is 270. The van der Waals surface area contributed by atoms with E-state index >= 15 is 0 Å². The van der Waals surface area contributed by atoms with Crippen LogP contribution in [0.15, 0.2) is 21.0 Å². The summed E-state index contributed by atoms with van der Waals surface area (Å²) in [7, 11) is 0. The third-order valence-corrected chi connectivity index (χ3v) is 3.21. The quantitative estimate of drug-likeness (QED) is 0.570. The van der Waals surface area contributed by atoms with Crippen LogP contribution >= 0.6 is 23.4 Å². The first kappa shape index (κ1) is 7.37. The van der Waals surface area contributed by atoms with Gasteiger partial charge in [-0.2, -0.15) is 0 Å². The largest absolute Gasteiger partial charge is 0.258 e. The average molecular weight is 187 g/mol. The molecule has 0 aromatic heterocycles. The Morgan fingerprint density at radius 3 is 3.18 bits per heavy atom. The summed E-state index contributed by atoms with van der Waals surface area (Å²) in [4.78, 5) is 9.43. The molecule has 0 saturated carbocycles. The van der Waals surface area contributed by atoms with Crippen LogP contribution in [-0.2, 0) is 0 Å². The van der Waals surface area contributed by atoms with E-state index in [2.05, 4.69) is 23.0 Å². The molecule has 11 heavy (non-hydrogen) atoms. The number of halogens is 1. The molecule has 2 rings (SSSR count). The van der Waals surface area contributed by atoms with Crippen LogP contribution in [0, 0.1) is 5.92 Å². The van der Waals surface area contributed by atoms with Crippen molar-refractivity contribution in [1.29, 1.82) is 0 Å². The van der Waals surface area contributed by atoms with E-state index < -0.39 is 0 Å². The minimum atomic E-state index is 0.228. The van der Waals surface area contributed by atoms with Gasteiger partial charge < -0.3 is 0 Å². The molecule has 2 unspecified atom stereocenters. The molecule has 0 amide bonds. The van der Waals surface area contributed by atoms with Crippen molar-refractivity contribution < 1.29 is 0 Å². The monoisotopic (exact) mass is 186 g/mol. The number of allylic oxidation sites excluding steroid dienone is 1. The summed E-state index contributed by atoms with van der Waals surface area (Å²) in [5.41, 5.74) is 0. The second kappa shape index (κ2) is 2.64. The van der Waals surface area contributed by atoms with Gasteiger partial charge in [0.15, 0.2) is 0 Å². The fourth-order valence-corrected chi connectivity index (χ4v) is 2.56. The fourth-order valence-electron chi connectivity index (χ4n) is 1.19. The lowest BCUT2D eigenvalue weighted by Crippen LogP contribution is -2.19. The number of rotatable bonds is 0. The molecule has 58 valence electrons. The summed E-state index contributed by atoms with van der Waals surface area (Å²) < 4.78 is 0. The van der Waals surface area contributed by atoms with Crippen molar-refractivity contribution in [3.63, 3.8) is 0 Å². The van der Waals surface area contributed by atoms with Crippen LogP contribution in [0.2, 0.25) is 0 Å². The lowest BCUT2D eigenvalue weighted by atomic mass is 10.1. The number of thioether (sulfide) groups is 1. The van der Waals surface area contributed by atoms with E-state index in [9.17, 15) is 0 Å². The number of nitrogens with zero attached hydrogens (tertiary/aromatic N) is 2. The second-order valence-electron chi connectivity index (χ2n) is 2.53. The van der Waals surface area contributed by atoms with Crippen molar-refractivity contribution in [2.24, 2.45) is 15.9 Å². The number of hydrogen-bond acceptors (Lipinski definition) is 3. The first-order valence-electron chi connectivity index (χ1n) is 3.37. The molecule has 0 aromatic rings. The molecule has 0 spiro atoms. The van der Waals surface area contributed by atoms with Gasteiger partial charge in [0.05, 0.1) is 5.92 Å². The summed E-state index contributed by atoms with van der Waals surface area (Å²) in [6.07, 6.45) is 3.67. The van der Waals surface area contributed by atoms with Crippen molar-refractivity contribution in [1.82, 2.24) is 0 Å². The van der Waals surface area contributed by atoms with Crippen LogP contribution in [0.3, 0.4) is 0 Å². The molecule has 0 aliphatic carbocycles. The van der Waals surface area contributed by atoms with Gasteiger partial charge in [0.25, 0.3) is 0 Å². The predicted octanol–water partition coefficient (Wildman–Crippen LogP) is 2.26. The van der Waals surface area contributed by atoms with E-state index in [0.29, 0.717) is 5.17 Å². The normalized spacial score (nSPS) is 34.7. The smallest absolute Gasteiger partial charge is 0.118 e. The van der Waals surface area contributed by atoms with Gasteiger partial charge in [-0.1, -0.05) is 17.7 Å². The Labute approximate surface area is 74.4 Å². The Balaban J connectivity index is 2.30. The van der Waals surface area contributed by atoms with Gasteiger partial charge in [-0.3, -0.25) is 4.99 Å². The molecule has 0 radical (unpaired) electrons. The highest BCUT2D eigenvalue weighted by Gasteiger charge is 2.30. The van der Waals surface area contributed by atoms with Crippen LogP contribution in [-0.4, -0.2) is 16.9 Å². The third kappa shape index (κ3) is 1.23. The van der Waals surface area contributed by atoms with Crippen LogP contribution in [0.1, 0.15) is 6.92 Å². The molecule has 0 bridgehead atoms. The summed E-state index contributed by atoms with van der Waals surface area (Å²) >= 11 is 7.63. The van der Waals surface area contributed by atoms with Crippen molar-refractivity contribution in [3.05, 3.63) is 11.0 Å². The van der Waals surface area contributed by atoms with Crippen LogP contribution in [0.4, 0.5) is 0 Å². The second-order valence-corrected chi connectivity index (χ2v) is 4.28. The molecule has 0 fully saturated rings. The van der Waals surface area contributed by atoms with Gasteiger partial charge in [-0.15, -0.1) is 11.8 Å². The predicted molar refractivity (Wildman–Crippen MR) is 50.4 cm³/mol. The number of fused-ring (bicyclic) bond motifs is 1. The first-order chi connectivity index (χ1) is 5.27. The average Bonchev–Trinajstić information content (AvgIpc) is 2.31. The molecule has 2 heterocycles. The van der Waals surface area contributed by atoms with E-state index in [4.69, 9.17) is 11.6 Å². The Hall–Kier alpha value is -0.280. The van der Waals surface area contributed by atoms with Crippen molar-refractivity contribution in [2.45, 2.75) is 12.3 Å². The number of aliphatic imine (C=N–C) groups is 2. The molecular weight excluding hydrogens is 180 g/mol. The van der Waals surface area contributed by atoms with E-state index in [-0.39, 0.29) is 11.3 Å². The standard InChI is InChI=1S/C7H7ClN2S/c1-4-2-5-6(8)9-3-10-7(5)11-4/h2-3,5,7H,1H3. The zero-order chi connectivity index (χ0) is 7.84. The lowest BCUT2D eigenvalue weighted by Gasteiger charge is -2.14. The molecule has 0 saturated heterocycles. The maximum atomic E-state index is 5.88. The molecule has 0 N–H and O–H groups in total. The fraction of sp³-hybridized carbons (Fsp3) is 0.429. The number of hydrogen-bond donors (Lipinski definition) is 0. The van der Waals surface area contributed by atoms with Gasteiger partial charge in [-0.25, -0.2) is 4.99 Å². The van der Waals surface area contributed by atoms with E-state index in [1.54, 1.807) is 18.1 Å². The molecule has 0 aromatic carbocycles. The minimum Gasteiger partial charge on any atom is -0.258 e. The minimum absolute atomic E-state index is 0.228. The van der Waals surface area contributed by atoms with E-state index in [0.717, 1.165) is 0 Å². The highest BCUT2D eigenvalue weighted by Crippen LogP contribution is 2.39. The molecule has 2 atom stereocenters. The zero-order valence-corrected chi connectivity index (χ0v) is 7.56. The summed E-state index contributed by atoms with van der Waals surface area (Å²) in [5, 5.41) is 0.911. The van der Waals surface area contributed by atoms with Gasteiger partial charge in [0.2, 0.25) is 0 Å². The molecule has 4 heteroatoms. The molecule has 2 aliphatic rings. The summed E-state index contributed by atoms with van der Waals surface area (Å²) in [6.45, 7) is 2.07. The first-order valence-corrected chi connectivity index (χ1v) is 4.63.